The second-order valence-electron chi connectivity index (χ2n) is 5.92. The van der Waals surface area contributed by atoms with Crippen molar-refractivity contribution in [1.82, 2.24) is 9.55 Å². The van der Waals surface area contributed by atoms with E-state index in [9.17, 15) is 0 Å². The molecule has 3 heteroatoms. The smallest absolute Gasteiger partial charge is 0.113 e. The van der Waals surface area contributed by atoms with E-state index >= 15 is 0 Å². The second-order valence-corrected chi connectivity index (χ2v) is 5.92. The molecule has 2 atom stereocenters. The molecule has 3 nitrogen and oxygen atoms in total. The van der Waals surface area contributed by atoms with Crippen LogP contribution in [0.15, 0.2) is 18.2 Å². The van der Waals surface area contributed by atoms with Crippen LogP contribution in [0.3, 0.4) is 0 Å². The van der Waals surface area contributed by atoms with Crippen molar-refractivity contribution >= 4 is 11.0 Å². The van der Waals surface area contributed by atoms with E-state index < -0.39 is 0 Å². The maximum atomic E-state index is 5.72. The summed E-state index contributed by atoms with van der Waals surface area (Å²) >= 11 is 0. The molecule has 2 N–H and O–H groups in total. The van der Waals surface area contributed by atoms with Crippen LogP contribution in [0.1, 0.15) is 49.5 Å². The highest BCUT2D eigenvalue weighted by molar-refractivity contribution is 5.77. The molecule has 0 radical (unpaired) electrons. The van der Waals surface area contributed by atoms with Gasteiger partial charge in [0.25, 0.3) is 0 Å². The van der Waals surface area contributed by atoms with Crippen molar-refractivity contribution in [3.63, 3.8) is 0 Å². The predicted molar refractivity (Wildman–Crippen MR) is 72.4 cm³/mol. The van der Waals surface area contributed by atoms with Gasteiger partial charge in [-0.05, 0) is 42.9 Å². The lowest BCUT2D eigenvalue weighted by molar-refractivity contribution is 0.688. The Kier molecular flexibility index (Phi) is 2.10. The van der Waals surface area contributed by atoms with Crippen LogP contribution < -0.4 is 5.73 Å². The van der Waals surface area contributed by atoms with E-state index in [1.54, 1.807) is 0 Å². The van der Waals surface area contributed by atoms with Gasteiger partial charge in [-0.2, -0.15) is 0 Å². The van der Waals surface area contributed by atoms with Crippen LogP contribution in [0, 0.1) is 5.92 Å². The Balaban J connectivity index is 1.90. The summed E-state index contributed by atoms with van der Waals surface area (Å²) in [5.74, 6) is 2.83. The lowest BCUT2D eigenvalue weighted by Gasteiger charge is -2.06. The molecule has 2 unspecified atom stereocenters. The summed E-state index contributed by atoms with van der Waals surface area (Å²) in [6, 6.07) is 7.22. The van der Waals surface area contributed by atoms with E-state index in [-0.39, 0.29) is 0 Å². The highest BCUT2D eigenvalue weighted by Gasteiger charge is 2.40. The zero-order valence-corrected chi connectivity index (χ0v) is 10.8. The van der Waals surface area contributed by atoms with Gasteiger partial charge in [-0.1, -0.05) is 13.0 Å². The Morgan fingerprint density at radius 1 is 1.39 bits per heavy atom. The fraction of sp³-hybridized carbons (Fsp3) is 0.533. The maximum absolute atomic E-state index is 5.72. The summed E-state index contributed by atoms with van der Waals surface area (Å²) in [7, 11) is 0. The van der Waals surface area contributed by atoms with Gasteiger partial charge in [0.1, 0.15) is 5.82 Å². The van der Waals surface area contributed by atoms with Crippen LogP contribution in [0.2, 0.25) is 0 Å². The van der Waals surface area contributed by atoms with E-state index in [4.69, 9.17) is 10.7 Å². The summed E-state index contributed by atoms with van der Waals surface area (Å²) in [5.41, 5.74) is 9.34. The SMILES string of the molecule is CC1CC1c1nc2cc(CN)ccc2n1C1CC1. The predicted octanol–water partition coefficient (Wildman–Crippen LogP) is 2.95. The first-order chi connectivity index (χ1) is 8.78. The van der Waals surface area contributed by atoms with Gasteiger partial charge < -0.3 is 10.3 Å². The molecule has 2 aromatic rings. The normalized spacial score (nSPS) is 26.8. The number of nitrogens with two attached hydrogens (primary N) is 1. The summed E-state index contributed by atoms with van der Waals surface area (Å²) in [6.07, 6.45) is 3.94. The Morgan fingerprint density at radius 3 is 2.78 bits per heavy atom. The maximum Gasteiger partial charge on any atom is 0.113 e. The van der Waals surface area contributed by atoms with Crippen molar-refractivity contribution in [3.05, 3.63) is 29.6 Å². The number of benzene rings is 1. The first-order valence-corrected chi connectivity index (χ1v) is 6.98. The van der Waals surface area contributed by atoms with Crippen molar-refractivity contribution in [3.8, 4) is 0 Å². The molecule has 1 aromatic carbocycles. The molecule has 2 aliphatic carbocycles. The Labute approximate surface area is 107 Å². The minimum absolute atomic E-state index is 0.599. The molecule has 18 heavy (non-hydrogen) atoms. The van der Waals surface area contributed by atoms with Gasteiger partial charge in [0.2, 0.25) is 0 Å². The largest absolute Gasteiger partial charge is 0.326 e. The number of fused-ring (bicyclic) bond motifs is 1. The van der Waals surface area contributed by atoms with Crippen LogP contribution in [-0.2, 0) is 6.54 Å². The van der Waals surface area contributed by atoms with Crippen molar-refractivity contribution < 1.29 is 0 Å². The number of imidazole rings is 1. The van der Waals surface area contributed by atoms with Crippen LogP contribution in [0.25, 0.3) is 11.0 Å². The molecule has 1 aromatic heterocycles. The van der Waals surface area contributed by atoms with Gasteiger partial charge in [0, 0.05) is 18.5 Å². The van der Waals surface area contributed by atoms with Gasteiger partial charge in [-0.15, -0.1) is 0 Å². The molecule has 0 aliphatic heterocycles. The molecule has 1 heterocycles. The van der Waals surface area contributed by atoms with Crippen molar-refractivity contribution in [2.45, 2.75) is 44.7 Å². The first-order valence-electron chi connectivity index (χ1n) is 6.98. The molecule has 4 rings (SSSR count). The fourth-order valence-corrected chi connectivity index (χ4v) is 2.95. The number of nitrogens with zero attached hydrogens (tertiary/aromatic N) is 2. The minimum Gasteiger partial charge on any atom is -0.326 e. The molecule has 0 amide bonds. The quantitative estimate of drug-likeness (QED) is 0.897. The van der Waals surface area contributed by atoms with Crippen LogP contribution in [0.4, 0.5) is 0 Å². The van der Waals surface area contributed by atoms with Gasteiger partial charge in [-0.25, -0.2) is 4.98 Å². The van der Waals surface area contributed by atoms with Crippen LogP contribution in [-0.4, -0.2) is 9.55 Å². The van der Waals surface area contributed by atoms with Crippen molar-refractivity contribution in [1.29, 1.82) is 0 Å². The zero-order valence-electron chi connectivity index (χ0n) is 10.8. The third kappa shape index (κ3) is 1.50. The summed E-state index contributed by atoms with van der Waals surface area (Å²) in [5, 5.41) is 0. The summed E-state index contributed by atoms with van der Waals surface area (Å²) in [6.45, 7) is 2.92. The van der Waals surface area contributed by atoms with E-state index in [2.05, 4.69) is 29.7 Å². The minimum atomic E-state index is 0.599. The van der Waals surface area contributed by atoms with Crippen LogP contribution in [0.5, 0.6) is 0 Å². The van der Waals surface area contributed by atoms with E-state index in [0.29, 0.717) is 18.5 Å². The average Bonchev–Trinajstić information content (AvgIpc) is 3.29. The topological polar surface area (TPSA) is 43.8 Å². The molecule has 2 aliphatic rings. The molecule has 2 fully saturated rings. The highest BCUT2D eigenvalue weighted by Crippen LogP contribution is 2.50. The van der Waals surface area contributed by atoms with Gasteiger partial charge in [0.15, 0.2) is 0 Å². The first kappa shape index (κ1) is 10.6. The standard InChI is InChI=1S/C15H19N3/c1-9-6-12(9)15-17-13-7-10(8-16)2-5-14(13)18(15)11-3-4-11/h2,5,7,9,11-12H,3-4,6,8,16H2,1H3. The number of hydrogen-bond acceptors (Lipinski definition) is 2. The highest BCUT2D eigenvalue weighted by atomic mass is 15.1. The number of rotatable bonds is 3. The van der Waals surface area contributed by atoms with Gasteiger partial charge in [0.05, 0.1) is 11.0 Å². The van der Waals surface area contributed by atoms with Gasteiger partial charge in [-0.3, -0.25) is 0 Å². The molecule has 0 bridgehead atoms. The lowest BCUT2D eigenvalue weighted by atomic mass is 10.2. The van der Waals surface area contributed by atoms with Gasteiger partial charge >= 0.3 is 0 Å². The third-order valence-electron chi connectivity index (χ3n) is 4.37. The number of hydrogen-bond donors (Lipinski definition) is 1. The fourth-order valence-electron chi connectivity index (χ4n) is 2.95. The van der Waals surface area contributed by atoms with Crippen molar-refractivity contribution in [2.75, 3.05) is 0 Å². The molecule has 2 saturated carbocycles. The number of aromatic nitrogens is 2. The molecule has 0 spiro atoms. The Morgan fingerprint density at radius 2 is 2.17 bits per heavy atom. The second kappa shape index (κ2) is 3.58. The molecular formula is C15H19N3. The summed E-state index contributed by atoms with van der Waals surface area (Å²) in [4.78, 5) is 4.90. The molecular weight excluding hydrogens is 222 g/mol. The van der Waals surface area contributed by atoms with E-state index in [1.807, 2.05) is 0 Å². The monoisotopic (exact) mass is 241 g/mol. The van der Waals surface area contributed by atoms with E-state index in [1.165, 1.54) is 36.2 Å². The third-order valence-corrected chi connectivity index (χ3v) is 4.37. The zero-order chi connectivity index (χ0) is 12.3. The average molecular weight is 241 g/mol. The lowest BCUT2D eigenvalue weighted by Crippen LogP contribution is -2.00. The Bertz CT molecular complexity index is 609. The van der Waals surface area contributed by atoms with Crippen molar-refractivity contribution in [2.24, 2.45) is 11.7 Å². The van der Waals surface area contributed by atoms with E-state index in [0.717, 1.165) is 11.4 Å². The van der Waals surface area contributed by atoms with Crippen LogP contribution >= 0.6 is 0 Å². The summed E-state index contributed by atoms with van der Waals surface area (Å²) < 4.78 is 2.50. The Hall–Kier alpha value is -1.35. The molecule has 0 saturated heterocycles. The molecule has 94 valence electrons.